The van der Waals surface area contributed by atoms with Crippen LogP contribution in [-0.2, 0) is 12.8 Å². The maximum atomic E-state index is 12.7. The molecule has 5 nitrogen and oxygen atoms in total. The number of aryl methyl sites for hydroxylation is 2. The first kappa shape index (κ1) is 20.6. The molecular formula is C24H26ClN3O2. The molecule has 0 unspecified atom stereocenters. The van der Waals surface area contributed by atoms with E-state index >= 15 is 0 Å². The Hall–Kier alpha value is -2.63. The summed E-state index contributed by atoms with van der Waals surface area (Å²) in [6.45, 7) is 0.453. The third-order valence-electron chi connectivity index (χ3n) is 5.71. The quantitative estimate of drug-likeness (QED) is 0.612. The zero-order valence-electron chi connectivity index (χ0n) is 17.3. The average Bonchev–Trinajstić information content (AvgIpc) is 3.25. The van der Waals surface area contributed by atoms with E-state index in [2.05, 4.69) is 33.6 Å². The molecule has 0 aliphatic heterocycles. The van der Waals surface area contributed by atoms with Crippen molar-refractivity contribution in [2.45, 2.75) is 31.7 Å². The number of likely N-dealkylation sites (N-methyl/N-ethyl adjacent to an activating group) is 1. The van der Waals surface area contributed by atoms with Gasteiger partial charge in [-0.1, -0.05) is 41.0 Å². The number of hydrogen-bond donors (Lipinski definition) is 1. The molecule has 0 saturated heterocycles. The van der Waals surface area contributed by atoms with Gasteiger partial charge in [-0.2, -0.15) is 0 Å². The predicted octanol–water partition coefficient (Wildman–Crippen LogP) is 4.91. The Balaban J connectivity index is 1.44. The molecule has 156 valence electrons. The number of hydrogen-bond acceptors (Lipinski definition) is 4. The number of amides is 1. The van der Waals surface area contributed by atoms with Crippen molar-refractivity contribution in [3.05, 3.63) is 75.9 Å². The van der Waals surface area contributed by atoms with Gasteiger partial charge in [0, 0.05) is 23.2 Å². The second kappa shape index (κ2) is 9.02. The number of rotatable bonds is 6. The summed E-state index contributed by atoms with van der Waals surface area (Å²) in [5, 5.41) is 7.66. The Kier molecular flexibility index (Phi) is 6.21. The van der Waals surface area contributed by atoms with Gasteiger partial charge in [0.2, 0.25) is 0 Å². The van der Waals surface area contributed by atoms with E-state index in [1.807, 2.05) is 38.4 Å². The minimum atomic E-state index is -0.247. The molecular weight excluding hydrogens is 398 g/mol. The number of fused-ring (bicyclic) bond motifs is 1. The van der Waals surface area contributed by atoms with E-state index in [0.717, 1.165) is 24.0 Å². The van der Waals surface area contributed by atoms with Gasteiger partial charge < -0.3 is 14.7 Å². The normalized spacial score (nSPS) is 14.4. The molecule has 0 bridgehead atoms. The van der Waals surface area contributed by atoms with Crippen LogP contribution in [0.25, 0.3) is 11.3 Å². The van der Waals surface area contributed by atoms with Gasteiger partial charge in [-0.15, -0.1) is 0 Å². The lowest BCUT2D eigenvalue weighted by Crippen LogP contribution is -2.34. The molecule has 1 aliphatic rings. The molecule has 0 fully saturated rings. The van der Waals surface area contributed by atoms with Crippen molar-refractivity contribution >= 4 is 17.5 Å². The number of benzene rings is 2. The van der Waals surface area contributed by atoms with Crippen molar-refractivity contribution in [2.24, 2.45) is 0 Å². The first-order valence-corrected chi connectivity index (χ1v) is 10.7. The van der Waals surface area contributed by atoms with Gasteiger partial charge in [-0.25, -0.2) is 0 Å². The van der Waals surface area contributed by atoms with Crippen molar-refractivity contribution in [1.29, 1.82) is 0 Å². The lowest BCUT2D eigenvalue weighted by Gasteiger charge is -2.25. The highest BCUT2D eigenvalue weighted by Crippen LogP contribution is 2.28. The maximum Gasteiger partial charge on any atom is 0.273 e. The van der Waals surface area contributed by atoms with E-state index < -0.39 is 0 Å². The lowest BCUT2D eigenvalue weighted by molar-refractivity contribution is 0.0933. The van der Waals surface area contributed by atoms with E-state index in [9.17, 15) is 4.79 Å². The standard InChI is InChI=1S/C24H26ClN3O2/c1-28(2)22(17-9-11-20(25)12-10-17)15-26-24(29)21-14-23(30-27-21)19-8-7-16-5-3-4-6-18(16)13-19/h7-14,22H,3-6,15H2,1-2H3,(H,26,29)/t22-/m1/s1. The highest BCUT2D eigenvalue weighted by atomic mass is 35.5. The molecule has 1 amide bonds. The van der Waals surface area contributed by atoms with Gasteiger partial charge >= 0.3 is 0 Å². The fraction of sp³-hybridized carbons (Fsp3) is 0.333. The summed E-state index contributed by atoms with van der Waals surface area (Å²) in [7, 11) is 3.96. The topological polar surface area (TPSA) is 58.4 Å². The van der Waals surface area contributed by atoms with Crippen molar-refractivity contribution in [3.63, 3.8) is 0 Å². The molecule has 0 spiro atoms. The Bertz CT molecular complexity index is 1030. The van der Waals surface area contributed by atoms with Crippen LogP contribution in [0.1, 0.15) is 46.1 Å². The fourth-order valence-corrected chi connectivity index (χ4v) is 4.09. The number of carbonyl (C=O) groups excluding carboxylic acids is 1. The molecule has 3 aromatic rings. The smallest absolute Gasteiger partial charge is 0.273 e. The van der Waals surface area contributed by atoms with Crippen LogP contribution in [0.2, 0.25) is 5.02 Å². The van der Waals surface area contributed by atoms with Crippen LogP contribution < -0.4 is 5.32 Å². The molecule has 0 saturated carbocycles. The third-order valence-corrected chi connectivity index (χ3v) is 5.96. The third kappa shape index (κ3) is 4.58. The van der Waals surface area contributed by atoms with Gasteiger partial charge in [0.05, 0.1) is 6.04 Å². The highest BCUT2D eigenvalue weighted by molar-refractivity contribution is 6.30. The molecule has 1 N–H and O–H groups in total. The largest absolute Gasteiger partial charge is 0.355 e. The fourth-order valence-electron chi connectivity index (χ4n) is 3.97. The van der Waals surface area contributed by atoms with Crippen LogP contribution >= 0.6 is 11.6 Å². The average molecular weight is 424 g/mol. The first-order valence-electron chi connectivity index (χ1n) is 10.3. The van der Waals surface area contributed by atoms with Crippen LogP contribution in [0.15, 0.2) is 53.1 Å². The first-order chi connectivity index (χ1) is 14.5. The molecule has 2 aromatic carbocycles. The van der Waals surface area contributed by atoms with E-state index in [1.165, 1.54) is 24.0 Å². The Morgan fingerprint density at radius 3 is 2.57 bits per heavy atom. The molecule has 4 rings (SSSR count). The minimum absolute atomic E-state index is 0.0261. The zero-order valence-corrected chi connectivity index (χ0v) is 18.1. The highest BCUT2D eigenvalue weighted by Gasteiger charge is 2.19. The van der Waals surface area contributed by atoms with Crippen LogP contribution in [0, 0.1) is 0 Å². The summed E-state index contributed by atoms with van der Waals surface area (Å²) in [5.74, 6) is 0.374. The molecule has 1 aromatic heterocycles. The van der Waals surface area contributed by atoms with Crippen LogP contribution in [-0.4, -0.2) is 36.6 Å². The van der Waals surface area contributed by atoms with Gasteiger partial charge in [-0.3, -0.25) is 4.79 Å². The van der Waals surface area contributed by atoms with Gasteiger partial charge in [0.25, 0.3) is 5.91 Å². The van der Waals surface area contributed by atoms with E-state index in [-0.39, 0.29) is 17.6 Å². The summed E-state index contributed by atoms with van der Waals surface area (Å²) in [5.41, 5.74) is 5.13. The minimum Gasteiger partial charge on any atom is -0.355 e. The Labute approximate surface area is 182 Å². The van der Waals surface area contributed by atoms with Gasteiger partial charge in [0.15, 0.2) is 11.5 Å². The molecule has 1 aliphatic carbocycles. The summed E-state index contributed by atoms with van der Waals surface area (Å²) in [6.07, 6.45) is 4.71. The molecule has 30 heavy (non-hydrogen) atoms. The number of carbonyl (C=O) groups is 1. The number of nitrogens with zero attached hydrogens (tertiary/aromatic N) is 2. The lowest BCUT2D eigenvalue weighted by atomic mass is 9.90. The summed E-state index contributed by atoms with van der Waals surface area (Å²) in [4.78, 5) is 14.7. The van der Waals surface area contributed by atoms with Crippen molar-refractivity contribution in [2.75, 3.05) is 20.6 Å². The van der Waals surface area contributed by atoms with Crippen LogP contribution in [0.3, 0.4) is 0 Å². The van der Waals surface area contributed by atoms with Crippen molar-refractivity contribution in [3.8, 4) is 11.3 Å². The van der Waals surface area contributed by atoms with Crippen molar-refractivity contribution in [1.82, 2.24) is 15.4 Å². The summed E-state index contributed by atoms with van der Waals surface area (Å²) in [6, 6.07) is 15.8. The van der Waals surface area contributed by atoms with Gasteiger partial charge in [0.1, 0.15) is 0 Å². The number of aromatic nitrogens is 1. The summed E-state index contributed by atoms with van der Waals surface area (Å²) >= 11 is 5.99. The number of nitrogens with one attached hydrogen (secondary N) is 1. The molecule has 1 heterocycles. The predicted molar refractivity (Wildman–Crippen MR) is 119 cm³/mol. The molecule has 1 atom stereocenters. The monoisotopic (exact) mass is 423 g/mol. The maximum absolute atomic E-state index is 12.7. The zero-order chi connectivity index (χ0) is 21.1. The second-order valence-corrected chi connectivity index (χ2v) is 8.44. The van der Waals surface area contributed by atoms with Gasteiger partial charge in [-0.05, 0) is 74.7 Å². The van der Waals surface area contributed by atoms with E-state index in [1.54, 1.807) is 6.07 Å². The van der Waals surface area contributed by atoms with E-state index in [4.69, 9.17) is 16.1 Å². The molecule has 0 radical (unpaired) electrons. The van der Waals surface area contributed by atoms with Crippen molar-refractivity contribution < 1.29 is 9.32 Å². The number of halogens is 1. The second-order valence-electron chi connectivity index (χ2n) is 8.01. The molecule has 6 heteroatoms. The Morgan fingerprint density at radius 2 is 1.83 bits per heavy atom. The summed E-state index contributed by atoms with van der Waals surface area (Å²) < 4.78 is 5.48. The van der Waals surface area contributed by atoms with Crippen LogP contribution in [0.4, 0.5) is 0 Å². The van der Waals surface area contributed by atoms with E-state index in [0.29, 0.717) is 17.3 Å². The Morgan fingerprint density at radius 1 is 1.10 bits per heavy atom. The SMILES string of the molecule is CN(C)[C@H](CNC(=O)c1cc(-c2ccc3c(c2)CCCC3)on1)c1ccc(Cl)cc1. The van der Waals surface area contributed by atoms with Crippen LogP contribution in [0.5, 0.6) is 0 Å².